The molecule has 0 atom stereocenters. The van der Waals surface area contributed by atoms with Gasteiger partial charge in [-0.05, 0) is 23.9 Å². The van der Waals surface area contributed by atoms with E-state index in [4.69, 9.17) is 0 Å². The third-order valence-electron chi connectivity index (χ3n) is 2.29. The lowest BCUT2D eigenvalue weighted by molar-refractivity contribution is -0.107. The van der Waals surface area contributed by atoms with Crippen LogP contribution < -0.4 is 0 Å². The van der Waals surface area contributed by atoms with Gasteiger partial charge in [0.05, 0.1) is 0 Å². The molecule has 2 aromatic rings. The van der Waals surface area contributed by atoms with Crippen molar-refractivity contribution in [3.05, 3.63) is 72.3 Å². The summed E-state index contributed by atoms with van der Waals surface area (Å²) in [5, 5.41) is 9.60. The maximum absolute atomic E-state index is 11.7. The molecule has 0 radical (unpaired) electrons. The summed E-state index contributed by atoms with van der Waals surface area (Å²) in [5.41, 5.74) is 0.638. The number of benzene rings is 2. The number of carbonyl (C=O) groups is 1. The molecule has 0 fully saturated rings. The molecule has 90 valence electrons. The second-order valence-corrected chi connectivity index (χ2v) is 4.71. The predicted molar refractivity (Wildman–Crippen MR) is 74.4 cm³/mol. The molecule has 2 rings (SSSR count). The zero-order valence-corrected chi connectivity index (χ0v) is 10.4. The van der Waals surface area contributed by atoms with Gasteiger partial charge in [-0.2, -0.15) is 0 Å². The van der Waals surface area contributed by atoms with Crippen LogP contribution in [0.4, 0.5) is 0 Å². The van der Waals surface area contributed by atoms with Crippen LogP contribution in [0.25, 0.3) is 5.76 Å². The maximum atomic E-state index is 11.7. The van der Waals surface area contributed by atoms with Gasteiger partial charge in [0.1, 0.15) is 5.76 Å². The summed E-state index contributed by atoms with van der Waals surface area (Å²) in [6.45, 7) is 0. The first-order chi connectivity index (χ1) is 8.75. The highest BCUT2D eigenvalue weighted by Crippen LogP contribution is 2.20. The Bertz CT molecular complexity index is 547. The van der Waals surface area contributed by atoms with Gasteiger partial charge >= 0.3 is 0 Å². The Labute approximate surface area is 110 Å². The van der Waals surface area contributed by atoms with E-state index in [9.17, 15) is 9.90 Å². The van der Waals surface area contributed by atoms with E-state index in [2.05, 4.69) is 0 Å². The quantitative estimate of drug-likeness (QED) is 0.514. The Balaban J connectivity index is 2.07. The lowest BCUT2D eigenvalue weighted by Crippen LogP contribution is -1.89. The second kappa shape index (κ2) is 6.07. The van der Waals surface area contributed by atoms with Gasteiger partial charge in [0.2, 0.25) is 5.12 Å². The summed E-state index contributed by atoms with van der Waals surface area (Å²) >= 11 is 1.09. The third-order valence-corrected chi connectivity index (χ3v) is 3.11. The van der Waals surface area contributed by atoms with E-state index in [1.165, 1.54) is 6.08 Å². The van der Waals surface area contributed by atoms with Gasteiger partial charge in [0, 0.05) is 16.5 Å². The fourth-order valence-electron chi connectivity index (χ4n) is 1.44. The van der Waals surface area contributed by atoms with E-state index < -0.39 is 0 Å². The molecule has 0 saturated carbocycles. The molecule has 2 nitrogen and oxygen atoms in total. The van der Waals surface area contributed by atoms with E-state index >= 15 is 0 Å². The SMILES string of the molecule is O=C(/C=C(\O)c1ccccc1)Sc1ccccc1. The van der Waals surface area contributed by atoms with E-state index in [1.807, 2.05) is 48.5 Å². The highest BCUT2D eigenvalue weighted by Gasteiger charge is 2.04. The molecule has 1 N–H and O–H groups in total. The van der Waals surface area contributed by atoms with Crippen molar-refractivity contribution in [2.75, 3.05) is 0 Å². The standard InChI is InChI=1S/C15H12O2S/c16-14(12-7-3-1-4-8-12)11-15(17)18-13-9-5-2-6-10-13/h1-11,16H/b14-11-. The normalized spacial score (nSPS) is 11.2. The van der Waals surface area contributed by atoms with Crippen molar-refractivity contribution >= 4 is 22.6 Å². The first kappa shape index (κ1) is 12.5. The minimum absolute atomic E-state index is 0.0102. The van der Waals surface area contributed by atoms with Gasteiger partial charge in [-0.15, -0.1) is 0 Å². The lowest BCUT2D eigenvalue weighted by atomic mass is 10.2. The largest absolute Gasteiger partial charge is 0.507 e. The molecule has 0 aliphatic carbocycles. The molecule has 0 bridgehead atoms. The molecule has 2 aromatic carbocycles. The fourth-order valence-corrected chi connectivity index (χ4v) is 2.13. The highest BCUT2D eigenvalue weighted by atomic mass is 32.2. The van der Waals surface area contributed by atoms with Crippen molar-refractivity contribution in [3.63, 3.8) is 0 Å². The van der Waals surface area contributed by atoms with Crippen LogP contribution in [0.3, 0.4) is 0 Å². The summed E-state index contributed by atoms with van der Waals surface area (Å²) in [4.78, 5) is 12.6. The molecule has 3 heteroatoms. The number of aliphatic hydroxyl groups is 1. The highest BCUT2D eigenvalue weighted by molar-refractivity contribution is 8.14. The monoisotopic (exact) mass is 256 g/mol. The van der Waals surface area contributed by atoms with E-state index in [0.717, 1.165) is 16.7 Å². The molecule has 0 aliphatic heterocycles. The average molecular weight is 256 g/mol. The number of aliphatic hydroxyl groups excluding tert-OH is 1. The molecule has 0 spiro atoms. The van der Waals surface area contributed by atoms with Crippen LogP contribution in [-0.4, -0.2) is 10.2 Å². The molecule has 0 amide bonds. The van der Waals surface area contributed by atoms with Crippen molar-refractivity contribution in [2.45, 2.75) is 4.90 Å². The van der Waals surface area contributed by atoms with Crippen molar-refractivity contribution in [1.29, 1.82) is 0 Å². The number of hydrogen-bond donors (Lipinski definition) is 1. The lowest BCUT2D eigenvalue weighted by Gasteiger charge is -2.00. The van der Waals surface area contributed by atoms with Crippen molar-refractivity contribution in [2.24, 2.45) is 0 Å². The van der Waals surface area contributed by atoms with Crippen molar-refractivity contribution in [3.8, 4) is 0 Å². The third kappa shape index (κ3) is 3.50. The predicted octanol–water partition coefficient (Wildman–Crippen LogP) is 3.90. The van der Waals surface area contributed by atoms with Crippen molar-refractivity contribution in [1.82, 2.24) is 0 Å². The molecule has 0 aliphatic rings. The fraction of sp³-hybridized carbons (Fsp3) is 0. The number of thioether (sulfide) groups is 1. The molecular formula is C15H12O2S. The van der Waals surface area contributed by atoms with E-state index in [0.29, 0.717) is 5.56 Å². The maximum Gasteiger partial charge on any atom is 0.220 e. The zero-order valence-electron chi connectivity index (χ0n) is 9.61. The van der Waals surface area contributed by atoms with Crippen LogP contribution in [-0.2, 0) is 4.79 Å². The van der Waals surface area contributed by atoms with Gasteiger partial charge in [0.25, 0.3) is 0 Å². The second-order valence-electron chi connectivity index (χ2n) is 3.63. The molecule has 18 heavy (non-hydrogen) atoms. The Morgan fingerprint density at radius 1 is 0.944 bits per heavy atom. The Morgan fingerprint density at radius 2 is 1.50 bits per heavy atom. The van der Waals surface area contributed by atoms with Gasteiger partial charge in [-0.3, -0.25) is 4.79 Å². The smallest absolute Gasteiger partial charge is 0.220 e. The number of carbonyl (C=O) groups excluding carboxylic acids is 1. The van der Waals surface area contributed by atoms with Gasteiger partial charge in [-0.1, -0.05) is 48.5 Å². The van der Waals surface area contributed by atoms with Crippen LogP contribution >= 0.6 is 11.8 Å². The summed E-state index contributed by atoms with van der Waals surface area (Å²) in [7, 11) is 0. The van der Waals surface area contributed by atoms with Crippen LogP contribution in [0, 0.1) is 0 Å². The Hall–Kier alpha value is -2.00. The summed E-state index contributed by atoms with van der Waals surface area (Å²) < 4.78 is 0. The van der Waals surface area contributed by atoms with Crippen molar-refractivity contribution < 1.29 is 9.90 Å². The topological polar surface area (TPSA) is 37.3 Å². The number of rotatable bonds is 3. The first-order valence-corrected chi connectivity index (χ1v) is 6.30. The summed E-state index contributed by atoms with van der Waals surface area (Å²) in [6, 6.07) is 18.4. The van der Waals surface area contributed by atoms with Gasteiger partial charge < -0.3 is 5.11 Å². The number of hydrogen-bond acceptors (Lipinski definition) is 3. The van der Waals surface area contributed by atoms with Crippen LogP contribution in [0.2, 0.25) is 0 Å². The van der Waals surface area contributed by atoms with E-state index in [-0.39, 0.29) is 10.9 Å². The minimum Gasteiger partial charge on any atom is -0.507 e. The molecule has 0 aromatic heterocycles. The molecule has 0 heterocycles. The summed E-state index contributed by atoms with van der Waals surface area (Å²) in [5.74, 6) is -0.0102. The van der Waals surface area contributed by atoms with Gasteiger partial charge in [0.15, 0.2) is 0 Å². The Morgan fingerprint density at radius 3 is 2.11 bits per heavy atom. The molecule has 0 saturated heterocycles. The first-order valence-electron chi connectivity index (χ1n) is 5.48. The summed E-state index contributed by atoms with van der Waals surface area (Å²) in [6.07, 6.45) is 1.24. The molecular weight excluding hydrogens is 244 g/mol. The average Bonchev–Trinajstić information content (AvgIpc) is 2.40. The Kier molecular flexibility index (Phi) is 4.20. The van der Waals surface area contributed by atoms with E-state index in [1.54, 1.807) is 12.1 Å². The van der Waals surface area contributed by atoms with Crippen LogP contribution in [0.5, 0.6) is 0 Å². The minimum atomic E-state index is -0.192. The zero-order chi connectivity index (χ0) is 12.8. The van der Waals surface area contributed by atoms with Crippen LogP contribution in [0.15, 0.2) is 71.6 Å². The molecule has 0 unspecified atom stereocenters. The van der Waals surface area contributed by atoms with Gasteiger partial charge in [-0.25, -0.2) is 0 Å². The van der Waals surface area contributed by atoms with Crippen LogP contribution in [0.1, 0.15) is 5.56 Å².